The van der Waals surface area contributed by atoms with Gasteiger partial charge in [-0.1, -0.05) is 74.9 Å². The zero-order valence-electron chi connectivity index (χ0n) is 21.8. The quantitative estimate of drug-likeness (QED) is 0.327. The number of hydrogen-bond acceptors (Lipinski definition) is 2. The van der Waals surface area contributed by atoms with Gasteiger partial charge in [-0.25, -0.2) is 0 Å². The zero-order valence-corrected chi connectivity index (χ0v) is 21.8. The van der Waals surface area contributed by atoms with E-state index < -0.39 is 0 Å². The largest absolute Gasteiger partial charge is 0.462 e. The third kappa shape index (κ3) is 4.20. The van der Waals surface area contributed by atoms with Crippen LogP contribution in [0.5, 0.6) is 0 Å². The molecule has 34 heavy (non-hydrogen) atoms. The third-order valence-electron chi connectivity index (χ3n) is 10.8. The molecule has 8 unspecified atom stereocenters. The van der Waals surface area contributed by atoms with Gasteiger partial charge in [0.1, 0.15) is 6.10 Å². The zero-order chi connectivity index (χ0) is 23.9. The summed E-state index contributed by atoms with van der Waals surface area (Å²) < 4.78 is 5.62. The first-order chi connectivity index (χ1) is 16.3. The van der Waals surface area contributed by atoms with Crippen LogP contribution in [0.4, 0.5) is 0 Å². The lowest BCUT2D eigenvalue weighted by molar-refractivity contribution is -0.148. The van der Waals surface area contributed by atoms with Crippen molar-refractivity contribution in [2.75, 3.05) is 0 Å². The van der Waals surface area contributed by atoms with E-state index in [-0.39, 0.29) is 12.1 Å². The van der Waals surface area contributed by atoms with Crippen LogP contribution in [0.1, 0.15) is 91.0 Å². The predicted octanol–water partition coefficient (Wildman–Crippen LogP) is 8.24. The first-order valence-electron chi connectivity index (χ1n) is 13.9. The maximum Gasteiger partial charge on any atom is 0.302 e. The van der Waals surface area contributed by atoms with E-state index in [1.54, 1.807) is 12.5 Å². The molecular weight excluding hydrogens is 416 g/mol. The summed E-state index contributed by atoms with van der Waals surface area (Å²) in [5.41, 5.74) is 3.73. The fraction of sp³-hybridized carbons (Fsp3) is 0.656. The minimum Gasteiger partial charge on any atom is -0.462 e. The molecule has 2 heteroatoms. The van der Waals surface area contributed by atoms with Crippen molar-refractivity contribution >= 4 is 12.0 Å². The summed E-state index contributed by atoms with van der Waals surface area (Å²) in [6, 6.07) is 10.7. The van der Waals surface area contributed by atoms with Crippen LogP contribution in [0.15, 0.2) is 48.1 Å². The van der Waals surface area contributed by atoms with Gasteiger partial charge in [-0.15, -0.1) is 0 Å². The molecule has 0 heterocycles. The van der Waals surface area contributed by atoms with E-state index in [9.17, 15) is 4.79 Å². The Morgan fingerprint density at radius 2 is 1.88 bits per heavy atom. The SMILES string of the molecule is CC(=O)OC1CCC2(C)C(=CCC3C2CCC2(C)C(C(C)C/C=C\c4ccccc4)CCC32)C1. The Labute approximate surface area is 207 Å². The van der Waals surface area contributed by atoms with Crippen molar-refractivity contribution in [2.24, 2.45) is 40.4 Å². The van der Waals surface area contributed by atoms with E-state index in [1.807, 2.05) is 0 Å². The molecule has 3 saturated carbocycles. The van der Waals surface area contributed by atoms with Crippen LogP contribution in [0.2, 0.25) is 0 Å². The number of ether oxygens (including phenoxy) is 1. The van der Waals surface area contributed by atoms with Crippen LogP contribution in [0, 0.1) is 40.4 Å². The molecule has 0 aromatic heterocycles. The summed E-state index contributed by atoms with van der Waals surface area (Å²) in [6.45, 7) is 9.26. The van der Waals surface area contributed by atoms with Gasteiger partial charge in [0.25, 0.3) is 0 Å². The first kappa shape index (κ1) is 23.9. The average Bonchev–Trinajstić information content (AvgIpc) is 3.17. The Balaban J connectivity index is 1.28. The number of carbonyl (C=O) groups is 1. The smallest absolute Gasteiger partial charge is 0.302 e. The number of fused-ring (bicyclic) bond motifs is 5. The lowest BCUT2D eigenvalue weighted by Crippen LogP contribution is -2.51. The highest BCUT2D eigenvalue weighted by Gasteiger charge is 2.59. The Bertz CT molecular complexity index is 945. The number of benzene rings is 1. The molecule has 0 aliphatic heterocycles. The molecule has 0 radical (unpaired) electrons. The Morgan fingerprint density at radius 1 is 1.09 bits per heavy atom. The average molecular weight is 461 g/mol. The van der Waals surface area contributed by atoms with Crippen molar-refractivity contribution in [1.29, 1.82) is 0 Å². The second kappa shape index (κ2) is 9.32. The first-order valence-corrected chi connectivity index (χ1v) is 13.9. The summed E-state index contributed by atoms with van der Waals surface area (Å²) in [5, 5.41) is 0. The normalized spacial score (nSPS) is 40.1. The van der Waals surface area contributed by atoms with E-state index in [1.165, 1.54) is 50.5 Å². The van der Waals surface area contributed by atoms with Gasteiger partial charge in [0, 0.05) is 13.3 Å². The molecule has 4 aliphatic carbocycles. The molecule has 0 amide bonds. The van der Waals surface area contributed by atoms with Crippen LogP contribution in [-0.2, 0) is 9.53 Å². The van der Waals surface area contributed by atoms with Crippen molar-refractivity contribution in [2.45, 2.75) is 91.6 Å². The van der Waals surface area contributed by atoms with Gasteiger partial charge in [-0.3, -0.25) is 4.79 Å². The molecule has 0 bridgehead atoms. The summed E-state index contributed by atoms with van der Waals surface area (Å²) in [5.74, 6) is 4.00. The summed E-state index contributed by atoms with van der Waals surface area (Å²) in [7, 11) is 0. The van der Waals surface area contributed by atoms with Gasteiger partial charge >= 0.3 is 5.97 Å². The number of hydrogen-bond donors (Lipinski definition) is 0. The van der Waals surface area contributed by atoms with E-state index >= 15 is 0 Å². The molecule has 8 atom stereocenters. The minimum atomic E-state index is -0.124. The Kier molecular flexibility index (Phi) is 6.55. The maximum absolute atomic E-state index is 11.5. The molecular formula is C32H44O2. The number of rotatable bonds is 5. The molecule has 184 valence electrons. The molecule has 0 N–H and O–H groups in total. The lowest BCUT2D eigenvalue weighted by Gasteiger charge is -2.58. The molecule has 1 aromatic carbocycles. The predicted molar refractivity (Wildman–Crippen MR) is 140 cm³/mol. The molecule has 1 aromatic rings. The minimum absolute atomic E-state index is 0.0999. The van der Waals surface area contributed by atoms with Gasteiger partial charge < -0.3 is 4.74 Å². The highest BCUT2D eigenvalue weighted by molar-refractivity contribution is 5.66. The highest BCUT2D eigenvalue weighted by Crippen LogP contribution is 2.67. The molecule has 0 saturated heterocycles. The topological polar surface area (TPSA) is 26.3 Å². The van der Waals surface area contributed by atoms with Crippen molar-refractivity contribution in [3.05, 3.63) is 53.6 Å². The Hall–Kier alpha value is -1.83. The fourth-order valence-electron chi connectivity index (χ4n) is 9.09. The summed E-state index contributed by atoms with van der Waals surface area (Å²) in [6.07, 6.45) is 18.6. The highest BCUT2D eigenvalue weighted by atomic mass is 16.5. The van der Waals surface area contributed by atoms with E-state index in [0.29, 0.717) is 10.8 Å². The van der Waals surface area contributed by atoms with Gasteiger partial charge in [-0.2, -0.15) is 0 Å². The number of allylic oxidation sites excluding steroid dienone is 2. The van der Waals surface area contributed by atoms with Crippen molar-refractivity contribution < 1.29 is 9.53 Å². The summed E-state index contributed by atoms with van der Waals surface area (Å²) >= 11 is 0. The maximum atomic E-state index is 11.5. The fourth-order valence-corrected chi connectivity index (χ4v) is 9.09. The molecule has 2 nitrogen and oxygen atoms in total. The van der Waals surface area contributed by atoms with Crippen LogP contribution < -0.4 is 0 Å². The van der Waals surface area contributed by atoms with E-state index in [2.05, 4.69) is 69.3 Å². The van der Waals surface area contributed by atoms with Gasteiger partial charge in [-0.05, 0) is 97.3 Å². The Morgan fingerprint density at radius 3 is 2.65 bits per heavy atom. The lowest BCUT2D eigenvalue weighted by atomic mass is 9.47. The molecule has 3 fully saturated rings. The van der Waals surface area contributed by atoms with E-state index in [4.69, 9.17) is 4.74 Å². The van der Waals surface area contributed by atoms with Gasteiger partial charge in [0.15, 0.2) is 0 Å². The monoisotopic (exact) mass is 460 g/mol. The molecule has 4 aliphatic rings. The number of esters is 1. The summed E-state index contributed by atoms with van der Waals surface area (Å²) in [4.78, 5) is 11.5. The van der Waals surface area contributed by atoms with Crippen LogP contribution in [0.25, 0.3) is 6.08 Å². The standard InChI is InChI=1S/C32H44O2/c1-22(9-8-12-24-10-6-5-7-11-24)28-15-16-29-27-14-13-25-21-26(34-23(2)33)17-19-31(25,3)30(27)18-20-32(28,29)4/h5-8,10-13,22,26-30H,9,14-21H2,1-4H3/b12-8-. The van der Waals surface area contributed by atoms with Gasteiger partial charge in [0.2, 0.25) is 0 Å². The number of carbonyl (C=O) groups excluding carboxylic acids is 1. The van der Waals surface area contributed by atoms with Crippen molar-refractivity contribution in [1.82, 2.24) is 0 Å². The van der Waals surface area contributed by atoms with Crippen molar-refractivity contribution in [3.63, 3.8) is 0 Å². The molecule has 0 spiro atoms. The van der Waals surface area contributed by atoms with Gasteiger partial charge in [0.05, 0.1) is 0 Å². The van der Waals surface area contributed by atoms with E-state index in [0.717, 1.165) is 42.4 Å². The van der Waals surface area contributed by atoms with Crippen molar-refractivity contribution in [3.8, 4) is 0 Å². The molecule has 5 rings (SSSR count). The van der Waals surface area contributed by atoms with Crippen LogP contribution in [0.3, 0.4) is 0 Å². The second-order valence-corrected chi connectivity index (χ2v) is 12.5. The third-order valence-corrected chi connectivity index (χ3v) is 10.8. The van der Waals surface area contributed by atoms with Crippen LogP contribution in [-0.4, -0.2) is 12.1 Å². The van der Waals surface area contributed by atoms with Crippen LogP contribution >= 0.6 is 0 Å². The second-order valence-electron chi connectivity index (χ2n) is 12.5.